The molecule has 1 N–H and O–H groups in total. The average Bonchev–Trinajstić information content (AvgIpc) is 2.63. The highest BCUT2D eigenvalue weighted by Gasteiger charge is 2.29. The molecule has 1 unspecified atom stereocenters. The van der Waals surface area contributed by atoms with Crippen molar-refractivity contribution in [1.29, 1.82) is 0 Å². The third-order valence-electron chi connectivity index (χ3n) is 2.37. The highest BCUT2D eigenvalue weighted by molar-refractivity contribution is 6.01. The van der Waals surface area contributed by atoms with E-state index in [9.17, 15) is 9.59 Å². The summed E-state index contributed by atoms with van der Waals surface area (Å²) in [7, 11) is 0. The quantitative estimate of drug-likeness (QED) is 0.593. The van der Waals surface area contributed by atoms with E-state index in [1.54, 1.807) is 4.90 Å². The molecule has 2 saturated heterocycles. The van der Waals surface area contributed by atoms with Gasteiger partial charge in [-0.3, -0.25) is 10.1 Å². The first-order valence-corrected chi connectivity index (χ1v) is 4.42. The van der Waals surface area contributed by atoms with E-state index in [2.05, 4.69) is 5.32 Å². The van der Waals surface area contributed by atoms with Crippen molar-refractivity contribution in [3.8, 4) is 0 Å². The molecule has 0 aromatic carbocycles. The fourth-order valence-electron chi connectivity index (χ4n) is 1.67. The first-order chi connectivity index (χ1) is 6.25. The molecule has 5 heteroatoms. The van der Waals surface area contributed by atoms with Gasteiger partial charge in [0.25, 0.3) is 0 Å². The molecule has 2 aliphatic heterocycles. The first-order valence-electron chi connectivity index (χ1n) is 4.42. The zero-order chi connectivity index (χ0) is 9.26. The molecule has 0 bridgehead atoms. The van der Waals surface area contributed by atoms with Crippen LogP contribution in [0.5, 0.6) is 0 Å². The second kappa shape index (κ2) is 3.33. The number of amides is 3. The van der Waals surface area contributed by atoms with Crippen LogP contribution in [0.4, 0.5) is 4.79 Å². The molecule has 0 aromatic rings. The van der Waals surface area contributed by atoms with E-state index >= 15 is 0 Å². The SMILES string of the molecule is O=C1CN(CC2CCOC2)C(=O)N1. The second-order valence-corrected chi connectivity index (χ2v) is 3.46. The Morgan fingerprint density at radius 3 is 2.92 bits per heavy atom. The predicted molar refractivity (Wildman–Crippen MR) is 44.0 cm³/mol. The van der Waals surface area contributed by atoms with Crippen LogP contribution >= 0.6 is 0 Å². The van der Waals surface area contributed by atoms with Gasteiger partial charge in [0.1, 0.15) is 6.54 Å². The molecule has 0 aliphatic carbocycles. The summed E-state index contributed by atoms with van der Waals surface area (Å²) in [6.07, 6.45) is 0.984. The summed E-state index contributed by atoms with van der Waals surface area (Å²) in [6, 6.07) is -0.267. The van der Waals surface area contributed by atoms with Crippen LogP contribution in [0.15, 0.2) is 0 Å². The maximum absolute atomic E-state index is 11.1. The summed E-state index contributed by atoms with van der Waals surface area (Å²) in [6.45, 7) is 2.32. The Morgan fingerprint density at radius 2 is 2.38 bits per heavy atom. The largest absolute Gasteiger partial charge is 0.381 e. The van der Waals surface area contributed by atoms with Crippen molar-refractivity contribution in [2.24, 2.45) is 5.92 Å². The summed E-state index contributed by atoms with van der Waals surface area (Å²) in [4.78, 5) is 23.5. The fraction of sp³-hybridized carbons (Fsp3) is 0.750. The van der Waals surface area contributed by atoms with E-state index in [0.717, 1.165) is 13.0 Å². The van der Waals surface area contributed by atoms with Gasteiger partial charge in [-0.15, -0.1) is 0 Å². The molecule has 3 amide bonds. The number of carbonyl (C=O) groups is 2. The third-order valence-corrected chi connectivity index (χ3v) is 2.37. The third kappa shape index (κ3) is 1.80. The van der Waals surface area contributed by atoms with Crippen LogP contribution in [0.1, 0.15) is 6.42 Å². The number of urea groups is 1. The minimum absolute atomic E-state index is 0.204. The molecule has 72 valence electrons. The van der Waals surface area contributed by atoms with Gasteiger partial charge in [-0.25, -0.2) is 4.79 Å². The molecule has 5 nitrogen and oxygen atoms in total. The van der Waals surface area contributed by atoms with Crippen molar-refractivity contribution in [1.82, 2.24) is 10.2 Å². The normalized spacial score (nSPS) is 28.3. The van der Waals surface area contributed by atoms with Gasteiger partial charge in [-0.05, 0) is 6.42 Å². The zero-order valence-electron chi connectivity index (χ0n) is 7.28. The Morgan fingerprint density at radius 1 is 1.54 bits per heavy atom. The predicted octanol–water partition coefficient (Wildman–Crippen LogP) is -0.425. The molecule has 0 aromatic heterocycles. The number of ether oxygens (including phenoxy) is 1. The first kappa shape index (κ1) is 8.50. The maximum Gasteiger partial charge on any atom is 0.324 e. The fourth-order valence-corrected chi connectivity index (χ4v) is 1.67. The molecule has 0 spiro atoms. The second-order valence-electron chi connectivity index (χ2n) is 3.46. The van der Waals surface area contributed by atoms with E-state index in [-0.39, 0.29) is 18.5 Å². The molecule has 0 radical (unpaired) electrons. The molecule has 1 atom stereocenters. The standard InChI is InChI=1S/C8H12N2O3/c11-7-4-10(8(12)9-7)3-6-1-2-13-5-6/h6H,1-5H2,(H,9,11,12). The molecule has 13 heavy (non-hydrogen) atoms. The zero-order valence-corrected chi connectivity index (χ0v) is 7.28. The Bertz CT molecular complexity index is 236. The molecule has 2 rings (SSSR count). The summed E-state index contributed by atoms with van der Waals surface area (Å²) in [5.74, 6) is 0.195. The van der Waals surface area contributed by atoms with Crippen molar-refractivity contribution in [2.75, 3.05) is 26.3 Å². The van der Waals surface area contributed by atoms with E-state index in [0.29, 0.717) is 19.1 Å². The molecule has 2 fully saturated rings. The van der Waals surface area contributed by atoms with Crippen molar-refractivity contribution in [2.45, 2.75) is 6.42 Å². The van der Waals surface area contributed by atoms with Gasteiger partial charge in [-0.2, -0.15) is 0 Å². The van der Waals surface area contributed by atoms with Gasteiger partial charge in [0.05, 0.1) is 6.61 Å². The lowest BCUT2D eigenvalue weighted by Crippen LogP contribution is -2.33. The van der Waals surface area contributed by atoms with Crippen molar-refractivity contribution >= 4 is 11.9 Å². The lowest BCUT2D eigenvalue weighted by Gasteiger charge is -2.16. The summed E-state index contributed by atoms with van der Waals surface area (Å²) < 4.78 is 5.19. The van der Waals surface area contributed by atoms with Crippen LogP contribution in [-0.2, 0) is 9.53 Å². The molecular formula is C8H12N2O3. The molecular weight excluding hydrogens is 172 g/mol. The Balaban J connectivity index is 1.87. The van der Waals surface area contributed by atoms with Gasteiger partial charge in [0.2, 0.25) is 5.91 Å². The van der Waals surface area contributed by atoms with E-state index < -0.39 is 0 Å². The van der Waals surface area contributed by atoms with Crippen LogP contribution in [0.2, 0.25) is 0 Å². The highest BCUT2D eigenvalue weighted by Crippen LogP contribution is 2.14. The number of carbonyl (C=O) groups excluding carboxylic acids is 2. The van der Waals surface area contributed by atoms with Crippen molar-refractivity contribution in [3.05, 3.63) is 0 Å². The van der Waals surface area contributed by atoms with Crippen LogP contribution in [0.3, 0.4) is 0 Å². The lowest BCUT2D eigenvalue weighted by atomic mass is 10.1. The summed E-state index contributed by atoms with van der Waals surface area (Å²) >= 11 is 0. The van der Waals surface area contributed by atoms with Crippen molar-refractivity contribution in [3.63, 3.8) is 0 Å². The monoisotopic (exact) mass is 184 g/mol. The Kier molecular flexibility index (Phi) is 2.18. The van der Waals surface area contributed by atoms with Gasteiger partial charge in [-0.1, -0.05) is 0 Å². The highest BCUT2D eigenvalue weighted by atomic mass is 16.5. The summed E-state index contributed by atoms with van der Waals surface area (Å²) in [5, 5.41) is 2.25. The number of imide groups is 1. The Hall–Kier alpha value is -1.10. The molecule has 2 heterocycles. The van der Waals surface area contributed by atoms with E-state index in [1.807, 2.05) is 0 Å². The van der Waals surface area contributed by atoms with Crippen LogP contribution in [0.25, 0.3) is 0 Å². The van der Waals surface area contributed by atoms with Crippen LogP contribution in [0, 0.1) is 5.92 Å². The van der Waals surface area contributed by atoms with Gasteiger partial charge in [0.15, 0.2) is 0 Å². The number of hydrogen-bond acceptors (Lipinski definition) is 3. The average molecular weight is 184 g/mol. The Labute approximate surface area is 76.0 Å². The topological polar surface area (TPSA) is 58.6 Å². The molecule has 0 saturated carbocycles. The van der Waals surface area contributed by atoms with Crippen LogP contribution < -0.4 is 5.32 Å². The number of nitrogens with one attached hydrogen (secondary N) is 1. The number of hydrogen-bond donors (Lipinski definition) is 1. The van der Waals surface area contributed by atoms with Gasteiger partial charge in [0, 0.05) is 19.1 Å². The smallest absolute Gasteiger partial charge is 0.324 e. The minimum atomic E-state index is -0.267. The summed E-state index contributed by atoms with van der Waals surface area (Å²) in [5.41, 5.74) is 0. The molecule has 2 aliphatic rings. The van der Waals surface area contributed by atoms with E-state index in [4.69, 9.17) is 4.74 Å². The maximum atomic E-state index is 11.1. The lowest BCUT2D eigenvalue weighted by molar-refractivity contribution is -0.118. The number of rotatable bonds is 2. The van der Waals surface area contributed by atoms with Crippen molar-refractivity contribution < 1.29 is 14.3 Å². The van der Waals surface area contributed by atoms with Gasteiger partial charge < -0.3 is 9.64 Å². The van der Waals surface area contributed by atoms with Crippen LogP contribution in [-0.4, -0.2) is 43.1 Å². The number of nitrogens with zero attached hydrogens (tertiary/aromatic N) is 1. The van der Waals surface area contributed by atoms with E-state index in [1.165, 1.54) is 0 Å². The minimum Gasteiger partial charge on any atom is -0.381 e. The van der Waals surface area contributed by atoms with Gasteiger partial charge >= 0.3 is 6.03 Å².